The van der Waals surface area contributed by atoms with Gasteiger partial charge in [0.2, 0.25) is 11.8 Å². The van der Waals surface area contributed by atoms with Crippen molar-refractivity contribution in [2.75, 3.05) is 4.90 Å². The second-order valence-corrected chi connectivity index (χ2v) is 7.14. The lowest BCUT2D eigenvalue weighted by molar-refractivity contribution is -0.146. The van der Waals surface area contributed by atoms with Crippen molar-refractivity contribution < 1.29 is 9.59 Å². The molecule has 1 aromatic rings. The van der Waals surface area contributed by atoms with Crippen molar-refractivity contribution in [2.45, 2.75) is 47.0 Å². The predicted molar refractivity (Wildman–Crippen MR) is 82.9 cm³/mol. The van der Waals surface area contributed by atoms with Crippen LogP contribution in [0.2, 0.25) is 0 Å². The van der Waals surface area contributed by atoms with Gasteiger partial charge in [-0.3, -0.25) is 9.59 Å². The molecule has 3 nitrogen and oxygen atoms in total. The van der Waals surface area contributed by atoms with Crippen LogP contribution in [0.1, 0.15) is 46.1 Å². The first-order valence-electron chi connectivity index (χ1n) is 7.80. The molecule has 2 fully saturated rings. The lowest BCUT2D eigenvalue weighted by Gasteiger charge is -2.47. The van der Waals surface area contributed by atoms with Gasteiger partial charge in [-0.1, -0.05) is 39.8 Å². The number of fused-ring (bicyclic) bond motifs is 2. The number of anilines is 1. The number of piperidine rings is 1. The Kier molecular flexibility index (Phi) is 3.01. The first-order chi connectivity index (χ1) is 9.83. The highest BCUT2D eigenvalue weighted by Gasteiger charge is 2.64. The third-order valence-electron chi connectivity index (χ3n) is 6.02. The first kappa shape index (κ1) is 14.3. The van der Waals surface area contributed by atoms with Crippen molar-refractivity contribution in [1.29, 1.82) is 0 Å². The van der Waals surface area contributed by atoms with E-state index in [0.717, 1.165) is 24.9 Å². The molecule has 1 heterocycles. The van der Waals surface area contributed by atoms with Gasteiger partial charge in [0.05, 0.1) is 11.1 Å². The standard InChI is InChI=1S/C18H23NO2/c1-5-12-6-8-13(9-7-12)19-15(20)14-10-11-18(4,16(19)21)17(14,2)3/h6-9,14H,5,10-11H2,1-4H3. The maximum Gasteiger partial charge on any atom is 0.240 e. The highest BCUT2D eigenvalue weighted by molar-refractivity contribution is 6.20. The van der Waals surface area contributed by atoms with Crippen LogP contribution in [-0.2, 0) is 16.0 Å². The molecule has 21 heavy (non-hydrogen) atoms. The Bertz CT molecular complexity index is 602. The normalized spacial score (nSPS) is 30.9. The van der Waals surface area contributed by atoms with E-state index in [0.29, 0.717) is 0 Å². The highest BCUT2D eigenvalue weighted by atomic mass is 16.2. The minimum Gasteiger partial charge on any atom is -0.274 e. The second-order valence-electron chi connectivity index (χ2n) is 7.14. The Labute approximate surface area is 126 Å². The lowest BCUT2D eigenvalue weighted by Crippen LogP contribution is -2.59. The van der Waals surface area contributed by atoms with Gasteiger partial charge in [0.25, 0.3) is 0 Å². The molecule has 1 aliphatic heterocycles. The predicted octanol–water partition coefficient (Wildman–Crippen LogP) is 3.56. The van der Waals surface area contributed by atoms with E-state index >= 15 is 0 Å². The zero-order chi connectivity index (χ0) is 15.4. The van der Waals surface area contributed by atoms with Crippen molar-refractivity contribution in [3.8, 4) is 0 Å². The molecule has 3 rings (SSSR count). The zero-order valence-electron chi connectivity index (χ0n) is 13.3. The molecule has 2 atom stereocenters. The molecule has 112 valence electrons. The molecule has 3 heteroatoms. The summed E-state index contributed by atoms with van der Waals surface area (Å²) >= 11 is 0. The molecule has 0 radical (unpaired) electrons. The minimum atomic E-state index is -0.436. The number of hydrogen-bond acceptors (Lipinski definition) is 2. The smallest absolute Gasteiger partial charge is 0.240 e. The summed E-state index contributed by atoms with van der Waals surface area (Å²) in [6.45, 7) is 8.25. The number of aryl methyl sites for hydroxylation is 1. The van der Waals surface area contributed by atoms with Crippen molar-refractivity contribution >= 4 is 17.5 Å². The van der Waals surface area contributed by atoms with Crippen LogP contribution < -0.4 is 4.90 Å². The largest absolute Gasteiger partial charge is 0.274 e. The van der Waals surface area contributed by atoms with Crippen molar-refractivity contribution in [3.63, 3.8) is 0 Å². The molecular weight excluding hydrogens is 262 g/mol. The summed E-state index contributed by atoms with van der Waals surface area (Å²) in [5.41, 5.74) is 1.25. The molecule has 0 spiro atoms. The van der Waals surface area contributed by atoms with Crippen LogP contribution in [0.4, 0.5) is 5.69 Å². The SMILES string of the molecule is CCc1ccc(N2C(=O)C3CCC(C)(C2=O)C3(C)C)cc1. The van der Waals surface area contributed by atoms with Gasteiger partial charge in [-0.2, -0.15) is 0 Å². The quantitative estimate of drug-likeness (QED) is 0.779. The van der Waals surface area contributed by atoms with Crippen LogP contribution >= 0.6 is 0 Å². The topological polar surface area (TPSA) is 37.4 Å². The molecule has 2 amide bonds. The van der Waals surface area contributed by atoms with Gasteiger partial charge < -0.3 is 0 Å². The third-order valence-corrected chi connectivity index (χ3v) is 6.02. The molecule has 0 N–H and O–H groups in total. The van der Waals surface area contributed by atoms with Gasteiger partial charge in [-0.15, -0.1) is 0 Å². The number of imide groups is 1. The minimum absolute atomic E-state index is 0.0239. The molecule has 2 unspecified atom stereocenters. The van der Waals surface area contributed by atoms with E-state index in [-0.39, 0.29) is 23.1 Å². The summed E-state index contributed by atoms with van der Waals surface area (Å²) in [5, 5.41) is 0. The van der Waals surface area contributed by atoms with Crippen LogP contribution in [0.15, 0.2) is 24.3 Å². The Hall–Kier alpha value is -1.64. The molecule has 0 aromatic heterocycles. The van der Waals surface area contributed by atoms with E-state index in [9.17, 15) is 9.59 Å². The van der Waals surface area contributed by atoms with E-state index in [4.69, 9.17) is 0 Å². The van der Waals surface area contributed by atoms with Crippen LogP contribution in [0.25, 0.3) is 0 Å². The van der Waals surface area contributed by atoms with Gasteiger partial charge in [0.1, 0.15) is 0 Å². The van der Waals surface area contributed by atoms with Crippen molar-refractivity contribution in [2.24, 2.45) is 16.7 Å². The second kappa shape index (κ2) is 4.43. The summed E-state index contributed by atoms with van der Waals surface area (Å²) in [4.78, 5) is 27.2. The summed E-state index contributed by atoms with van der Waals surface area (Å²) in [6.07, 6.45) is 2.58. The van der Waals surface area contributed by atoms with Gasteiger partial charge in [0, 0.05) is 5.92 Å². The number of amides is 2. The summed E-state index contributed by atoms with van der Waals surface area (Å²) in [7, 11) is 0. The fourth-order valence-electron chi connectivity index (χ4n) is 3.94. The van der Waals surface area contributed by atoms with Gasteiger partial charge >= 0.3 is 0 Å². The third kappa shape index (κ3) is 1.73. The molecule has 1 saturated heterocycles. The maximum atomic E-state index is 13.0. The fraction of sp³-hybridized carbons (Fsp3) is 0.556. The number of rotatable bonds is 2. The summed E-state index contributed by atoms with van der Waals surface area (Å²) in [5.74, 6) is -0.106. The number of carbonyl (C=O) groups excluding carboxylic acids is 2. The van der Waals surface area contributed by atoms with Gasteiger partial charge in [0.15, 0.2) is 0 Å². The van der Waals surface area contributed by atoms with E-state index in [1.165, 1.54) is 10.5 Å². The zero-order valence-corrected chi connectivity index (χ0v) is 13.3. The Morgan fingerprint density at radius 3 is 2.33 bits per heavy atom. The van der Waals surface area contributed by atoms with Gasteiger partial charge in [-0.05, 0) is 42.4 Å². The highest BCUT2D eigenvalue weighted by Crippen LogP contribution is 2.60. The molecule has 1 aliphatic carbocycles. The van der Waals surface area contributed by atoms with Crippen molar-refractivity contribution in [1.82, 2.24) is 0 Å². The van der Waals surface area contributed by atoms with E-state index in [2.05, 4.69) is 20.8 Å². The summed E-state index contributed by atoms with van der Waals surface area (Å²) in [6, 6.07) is 7.80. The maximum absolute atomic E-state index is 13.0. The molecular formula is C18H23NO2. The Morgan fingerprint density at radius 1 is 1.14 bits per heavy atom. The summed E-state index contributed by atoms with van der Waals surface area (Å²) < 4.78 is 0. The molecule has 2 bridgehead atoms. The molecule has 1 saturated carbocycles. The molecule has 2 aliphatic rings. The van der Waals surface area contributed by atoms with Crippen LogP contribution in [0.5, 0.6) is 0 Å². The first-order valence-corrected chi connectivity index (χ1v) is 7.80. The number of carbonyl (C=O) groups is 2. The Balaban J connectivity index is 2.04. The van der Waals surface area contributed by atoms with Gasteiger partial charge in [-0.25, -0.2) is 4.90 Å². The van der Waals surface area contributed by atoms with Crippen LogP contribution in [0, 0.1) is 16.7 Å². The van der Waals surface area contributed by atoms with Crippen molar-refractivity contribution in [3.05, 3.63) is 29.8 Å². The Morgan fingerprint density at radius 2 is 1.76 bits per heavy atom. The average molecular weight is 285 g/mol. The number of nitrogens with zero attached hydrogens (tertiary/aromatic N) is 1. The average Bonchev–Trinajstić information content (AvgIpc) is 2.64. The lowest BCUT2D eigenvalue weighted by atomic mass is 9.62. The van der Waals surface area contributed by atoms with Crippen LogP contribution in [0.3, 0.4) is 0 Å². The van der Waals surface area contributed by atoms with E-state index < -0.39 is 5.41 Å². The fourth-order valence-corrected chi connectivity index (χ4v) is 3.94. The van der Waals surface area contributed by atoms with Crippen LogP contribution in [-0.4, -0.2) is 11.8 Å². The monoisotopic (exact) mass is 285 g/mol. The van der Waals surface area contributed by atoms with E-state index in [1.54, 1.807) is 0 Å². The number of benzene rings is 1. The van der Waals surface area contributed by atoms with E-state index in [1.807, 2.05) is 31.2 Å². The number of hydrogen-bond donors (Lipinski definition) is 0. The molecule has 1 aromatic carbocycles.